The number of rotatable bonds is 3. The predicted octanol–water partition coefficient (Wildman–Crippen LogP) is 3.62. The number of alkyl halides is 1. The fourth-order valence-electron chi connectivity index (χ4n) is 3.22. The first-order valence-corrected chi connectivity index (χ1v) is 7.45. The molecule has 4 rings (SSSR count). The van der Waals surface area contributed by atoms with E-state index in [9.17, 15) is 4.39 Å². The molecule has 0 N–H and O–H groups in total. The highest BCUT2D eigenvalue weighted by molar-refractivity contribution is 5.23. The van der Waals surface area contributed by atoms with Gasteiger partial charge in [0.05, 0.1) is 6.04 Å². The predicted molar refractivity (Wildman–Crippen MR) is 74.1 cm³/mol. The Kier molecular flexibility index (Phi) is 2.83. The zero-order valence-corrected chi connectivity index (χ0v) is 11.4. The first-order valence-electron chi connectivity index (χ1n) is 7.45. The summed E-state index contributed by atoms with van der Waals surface area (Å²) >= 11 is 0. The zero-order valence-electron chi connectivity index (χ0n) is 11.4. The lowest BCUT2D eigenvalue weighted by molar-refractivity contribution is 0.304. The molecular formula is C16H18FN3. The molecule has 1 aliphatic heterocycles. The molecule has 0 saturated heterocycles. The van der Waals surface area contributed by atoms with Crippen LogP contribution in [-0.2, 0) is 6.42 Å². The number of aromatic nitrogens is 3. The maximum atomic E-state index is 14.2. The normalized spacial score (nSPS) is 25.4. The van der Waals surface area contributed by atoms with E-state index in [0.717, 1.165) is 17.8 Å². The van der Waals surface area contributed by atoms with Crippen molar-refractivity contribution in [2.75, 3.05) is 0 Å². The number of hydrogen-bond donors (Lipinski definition) is 0. The number of benzene rings is 1. The highest BCUT2D eigenvalue weighted by atomic mass is 19.1. The molecule has 2 unspecified atom stereocenters. The van der Waals surface area contributed by atoms with Crippen LogP contribution < -0.4 is 0 Å². The van der Waals surface area contributed by atoms with Crippen LogP contribution in [0, 0.1) is 5.92 Å². The zero-order chi connectivity index (χ0) is 13.5. The van der Waals surface area contributed by atoms with Gasteiger partial charge in [0.25, 0.3) is 0 Å². The van der Waals surface area contributed by atoms with Gasteiger partial charge in [-0.15, -0.1) is 0 Å². The Morgan fingerprint density at radius 2 is 2.00 bits per heavy atom. The summed E-state index contributed by atoms with van der Waals surface area (Å²) in [5.41, 5.74) is 1.12. The summed E-state index contributed by atoms with van der Waals surface area (Å²) in [5.74, 6) is 2.06. The molecule has 0 bridgehead atoms. The summed E-state index contributed by atoms with van der Waals surface area (Å²) in [6, 6.07) is 10.1. The van der Waals surface area contributed by atoms with Gasteiger partial charge < -0.3 is 0 Å². The lowest BCUT2D eigenvalue weighted by Gasteiger charge is -2.23. The van der Waals surface area contributed by atoms with Crippen molar-refractivity contribution >= 4 is 0 Å². The van der Waals surface area contributed by atoms with Crippen molar-refractivity contribution in [3.63, 3.8) is 0 Å². The van der Waals surface area contributed by atoms with E-state index in [1.807, 2.05) is 35.0 Å². The lowest BCUT2D eigenvalue weighted by atomic mass is 9.83. The fraction of sp³-hybridized carbons (Fsp3) is 0.500. The van der Waals surface area contributed by atoms with E-state index in [1.165, 1.54) is 19.3 Å². The second-order valence-corrected chi connectivity index (χ2v) is 5.96. The average molecular weight is 271 g/mol. The summed E-state index contributed by atoms with van der Waals surface area (Å²) < 4.78 is 16.0. The third-order valence-electron chi connectivity index (χ3n) is 4.59. The molecule has 2 atom stereocenters. The Morgan fingerprint density at radius 3 is 2.70 bits per heavy atom. The van der Waals surface area contributed by atoms with Gasteiger partial charge in [-0.05, 0) is 11.5 Å². The van der Waals surface area contributed by atoms with Crippen LogP contribution in [0.25, 0.3) is 0 Å². The van der Waals surface area contributed by atoms with Crippen molar-refractivity contribution in [1.29, 1.82) is 0 Å². The van der Waals surface area contributed by atoms with E-state index in [4.69, 9.17) is 0 Å². The van der Waals surface area contributed by atoms with Gasteiger partial charge in [-0.25, -0.2) is 14.1 Å². The summed E-state index contributed by atoms with van der Waals surface area (Å²) in [5, 5.41) is 4.59. The van der Waals surface area contributed by atoms with Crippen molar-refractivity contribution in [2.24, 2.45) is 5.92 Å². The molecule has 2 aliphatic rings. The first kappa shape index (κ1) is 12.1. The molecule has 1 aromatic carbocycles. The van der Waals surface area contributed by atoms with Gasteiger partial charge in [-0.3, -0.25) is 0 Å². The van der Waals surface area contributed by atoms with Gasteiger partial charge >= 0.3 is 0 Å². The molecule has 1 saturated carbocycles. The second-order valence-electron chi connectivity index (χ2n) is 5.96. The van der Waals surface area contributed by atoms with Crippen molar-refractivity contribution in [2.45, 2.75) is 44.3 Å². The van der Waals surface area contributed by atoms with Crippen LogP contribution in [0.2, 0.25) is 0 Å². The van der Waals surface area contributed by atoms with Gasteiger partial charge in [0.15, 0.2) is 17.8 Å². The Morgan fingerprint density at radius 1 is 1.20 bits per heavy atom. The molecule has 20 heavy (non-hydrogen) atoms. The van der Waals surface area contributed by atoms with E-state index < -0.39 is 6.17 Å². The first-order chi connectivity index (χ1) is 9.81. The number of fused-ring (bicyclic) bond motifs is 1. The van der Waals surface area contributed by atoms with Crippen LogP contribution in [0.4, 0.5) is 4.39 Å². The smallest absolute Gasteiger partial charge is 0.162 e. The monoisotopic (exact) mass is 271 g/mol. The van der Waals surface area contributed by atoms with Gasteiger partial charge in [0, 0.05) is 12.8 Å². The molecule has 1 aromatic heterocycles. The third kappa shape index (κ3) is 1.94. The summed E-state index contributed by atoms with van der Waals surface area (Å²) in [6.45, 7) is 0. The van der Waals surface area contributed by atoms with Crippen LogP contribution >= 0.6 is 0 Å². The minimum Gasteiger partial charge on any atom is -0.239 e. The Labute approximate surface area is 117 Å². The minimum absolute atomic E-state index is 0.00356. The van der Waals surface area contributed by atoms with Crippen molar-refractivity contribution in [1.82, 2.24) is 14.8 Å². The molecule has 0 spiro atoms. The highest BCUT2D eigenvalue weighted by Crippen LogP contribution is 2.39. The molecule has 0 radical (unpaired) electrons. The molecular weight excluding hydrogens is 253 g/mol. The SMILES string of the molecule is FC1CC(c2ccccc2)n2nc(CC3CCC3)nc21. The standard InChI is InChI=1S/C16H18FN3/c17-13-10-14(12-7-2-1-3-8-12)20-16(13)18-15(19-20)9-11-5-4-6-11/h1-3,7-8,11,13-14H,4-6,9-10H2. The molecule has 4 heteroatoms. The lowest BCUT2D eigenvalue weighted by Crippen LogP contribution is -2.15. The van der Waals surface area contributed by atoms with E-state index >= 15 is 0 Å². The fourth-order valence-corrected chi connectivity index (χ4v) is 3.22. The number of hydrogen-bond acceptors (Lipinski definition) is 2. The van der Waals surface area contributed by atoms with Gasteiger partial charge in [0.2, 0.25) is 0 Å². The van der Waals surface area contributed by atoms with E-state index in [1.54, 1.807) is 0 Å². The van der Waals surface area contributed by atoms with Crippen molar-refractivity contribution < 1.29 is 4.39 Å². The van der Waals surface area contributed by atoms with Gasteiger partial charge in [-0.1, -0.05) is 49.6 Å². The van der Waals surface area contributed by atoms with Gasteiger partial charge in [0.1, 0.15) is 0 Å². The Hall–Kier alpha value is -1.71. The quantitative estimate of drug-likeness (QED) is 0.853. The molecule has 104 valence electrons. The van der Waals surface area contributed by atoms with Gasteiger partial charge in [-0.2, -0.15) is 5.10 Å². The second kappa shape index (κ2) is 4.69. The summed E-state index contributed by atoms with van der Waals surface area (Å²) in [6.07, 6.45) is 4.24. The van der Waals surface area contributed by atoms with E-state index in [2.05, 4.69) is 10.1 Å². The van der Waals surface area contributed by atoms with E-state index in [-0.39, 0.29) is 6.04 Å². The molecule has 3 nitrogen and oxygen atoms in total. The van der Waals surface area contributed by atoms with Crippen LogP contribution in [-0.4, -0.2) is 14.8 Å². The van der Waals surface area contributed by atoms with Crippen LogP contribution in [0.5, 0.6) is 0 Å². The van der Waals surface area contributed by atoms with Crippen molar-refractivity contribution in [3.05, 3.63) is 47.5 Å². The Balaban J connectivity index is 1.64. The number of halogens is 1. The molecule has 2 aromatic rings. The molecule has 1 fully saturated rings. The molecule has 0 amide bonds. The molecule has 1 aliphatic carbocycles. The number of nitrogens with zero attached hydrogens (tertiary/aromatic N) is 3. The van der Waals surface area contributed by atoms with Crippen LogP contribution in [0.1, 0.15) is 55.1 Å². The van der Waals surface area contributed by atoms with Crippen LogP contribution in [0.3, 0.4) is 0 Å². The third-order valence-corrected chi connectivity index (χ3v) is 4.59. The summed E-state index contributed by atoms with van der Waals surface area (Å²) in [4.78, 5) is 4.45. The van der Waals surface area contributed by atoms with Crippen LogP contribution in [0.15, 0.2) is 30.3 Å². The maximum Gasteiger partial charge on any atom is 0.162 e. The Bertz CT molecular complexity index is 603. The average Bonchev–Trinajstić information content (AvgIpc) is 2.96. The summed E-state index contributed by atoms with van der Waals surface area (Å²) in [7, 11) is 0. The minimum atomic E-state index is -0.983. The highest BCUT2D eigenvalue weighted by Gasteiger charge is 2.35. The largest absolute Gasteiger partial charge is 0.239 e. The molecule has 2 heterocycles. The van der Waals surface area contributed by atoms with E-state index in [0.29, 0.717) is 18.2 Å². The topological polar surface area (TPSA) is 30.7 Å². The van der Waals surface area contributed by atoms with Crippen molar-refractivity contribution in [3.8, 4) is 0 Å². The maximum absolute atomic E-state index is 14.2.